The van der Waals surface area contributed by atoms with Crippen LogP contribution in [0.1, 0.15) is 20.3 Å². The van der Waals surface area contributed by atoms with E-state index in [-0.39, 0.29) is 0 Å². The van der Waals surface area contributed by atoms with Gasteiger partial charge in [-0.05, 0) is 47.0 Å². The molecule has 8 rings (SSSR count). The fraction of sp³-hybridized carbons (Fsp3) is 0.129. The number of fused-ring (bicyclic) bond motifs is 9. The van der Waals surface area contributed by atoms with Crippen LogP contribution in [0.4, 0.5) is 0 Å². The molecule has 0 amide bonds. The van der Waals surface area contributed by atoms with Gasteiger partial charge < -0.3 is 0 Å². The molecule has 0 bridgehead atoms. The molecule has 5 aromatic heterocycles. The van der Waals surface area contributed by atoms with E-state index >= 15 is 0 Å². The summed E-state index contributed by atoms with van der Waals surface area (Å²) in [4.78, 5) is 4.80. The Morgan fingerprint density at radius 2 is 1.19 bits per heavy atom. The highest BCUT2D eigenvalue weighted by molar-refractivity contribution is 6.30. The third kappa shape index (κ3) is 2.83. The Bertz CT molecular complexity index is 1800. The zero-order chi connectivity index (χ0) is 25.1. The molecule has 0 N–H and O–H groups in total. The van der Waals surface area contributed by atoms with Crippen LogP contribution in [0, 0.1) is 0 Å². The van der Waals surface area contributed by atoms with Gasteiger partial charge in [0.25, 0.3) is 28.3 Å². The number of nitrogens with zero attached hydrogens (tertiary/aromatic N) is 5. The van der Waals surface area contributed by atoms with Crippen molar-refractivity contribution >= 4 is 33.4 Å². The molecule has 0 aliphatic carbocycles. The fourth-order valence-electron chi connectivity index (χ4n) is 5.84. The SMILES string of the molecule is CCC.Clc1ccc2ccc3ccc[n+](C45[n+]6ccccc6-c6cccc([n+]64)-c4cccc[n+]45)c3c2n1. The second-order valence-electron chi connectivity index (χ2n) is 9.44. The van der Waals surface area contributed by atoms with E-state index in [1.165, 1.54) is 6.42 Å². The summed E-state index contributed by atoms with van der Waals surface area (Å²) in [7, 11) is 0. The summed E-state index contributed by atoms with van der Waals surface area (Å²) in [5.74, 6) is -0.725. The first kappa shape index (κ1) is 22.0. The Kier molecular flexibility index (Phi) is 4.85. The molecule has 0 radical (unpaired) electrons. The number of benzene rings is 1. The van der Waals surface area contributed by atoms with Crippen molar-refractivity contribution in [2.24, 2.45) is 0 Å². The fourth-order valence-corrected chi connectivity index (χ4v) is 5.99. The van der Waals surface area contributed by atoms with Gasteiger partial charge in [0.15, 0.2) is 18.6 Å². The third-order valence-corrected chi connectivity index (χ3v) is 7.30. The topological polar surface area (TPSA) is 28.4 Å². The lowest BCUT2D eigenvalue weighted by Gasteiger charge is -2.09. The summed E-state index contributed by atoms with van der Waals surface area (Å²) in [5, 5.41) is 2.65. The summed E-state index contributed by atoms with van der Waals surface area (Å²) in [5.41, 5.74) is 6.55. The lowest BCUT2D eigenvalue weighted by molar-refractivity contribution is -1.29. The molecule has 0 unspecified atom stereocenters. The molecule has 0 fully saturated rings. The molecule has 6 heteroatoms. The van der Waals surface area contributed by atoms with Crippen LogP contribution in [-0.4, -0.2) is 4.98 Å². The van der Waals surface area contributed by atoms with Crippen molar-refractivity contribution in [1.82, 2.24) is 4.98 Å². The average Bonchev–Trinajstić information content (AvgIpc) is 3.41. The Balaban J connectivity index is 0.000000738. The van der Waals surface area contributed by atoms with Crippen LogP contribution in [0.3, 0.4) is 0 Å². The van der Waals surface area contributed by atoms with Gasteiger partial charge in [-0.2, -0.15) is 0 Å². The van der Waals surface area contributed by atoms with Crippen LogP contribution in [0.25, 0.3) is 44.6 Å². The third-order valence-electron chi connectivity index (χ3n) is 7.09. The molecule has 2 aliphatic heterocycles. The Morgan fingerprint density at radius 3 is 1.86 bits per heavy atom. The maximum absolute atomic E-state index is 6.42. The van der Waals surface area contributed by atoms with Crippen LogP contribution in [0.15, 0.2) is 110 Å². The van der Waals surface area contributed by atoms with E-state index < -0.39 is 5.91 Å². The molecule has 0 spiro atoms. The predicted octanol–water partition coefficient (Wildman–Crippen LogP) is 4.78. The first-order valence-electron chi connectivity index (χ1n) is 12.7. The zero-order valence-corrected chi connectivity index (χ0v) is 21.5. The standard InChI is InChI=1S/C28H18ClN5.C3H8/c29-25-15-14-19-12-13-20-7-6-18-33(27(20)26(19)30-25)28-31-16-3-1-8-21(31)23-10-5-11-24(34(23)28)22-9-2-4-17-32(22)28;1-3-2/h1-18H;3H2,1-2H3/q+4;. The first-order chi connectivity index (χ1) is 18.2. The van der Waals surface area contributed by atoms with Gasteiger partial charge in [-0.3, -0.25) is 0 Å². The molecular weight excluding hydrogens is 478 g/mol. The number of halogens is 1. The second kappa shape index (κ2) is 8.15. The average molecular weight is 504 g/mol. The molecular formula is C31H26ClN5+4. The molecule has 2 aliphatic rings. The molecule has 0 atom stereocenters. The van der Waals surface area contributed by atoms with E-state index in [1.54, 1.807) is 0 Å². The molecule has 37 heavy (non-hydrogen) atoms. The number of hydrogen-bond acceptors (Lipinski definition) is 1. The summed E-state index contributed by atoms with van der Waals surface area (Å²) in [6.07, 6.45) is 7.74. The maximum atomic E-state index is 6.42. The van der Waals surface area contributed by atoms with Crippen molar-refractivity contribution in [3.63, 3.8) is 0 Å². The molecule has 178 valence electrons. The smallest absolute Gasteiger partial charge is 0.229 e. The van der Waals surface area contributed by atoms with Gasteiger partial charge in [-0.15, -0.1) is 0 Å². The summed E-state index contributed by atoms with van der Waals surface area (Å²) in [6, 6.07) is 31.7. The van der Waals surface area contributed by atoms with Crippen molar-refractivity contribution in [2.75, 3.05) is 0 Å². The minimum Gasteiger partial charge on any atom is -0.229 e. The van der Waals surface area contributed by atoms with Gasteiger partial charge >= 0.3 is 5.91 Å². The van der Waals surface area contributed by atoms with Crippen molar-refractivity contribution in [3.8, 4) is 22.8 Å². The van der Waals surface area contributed by atoms with E-state index in [0.717, 1.165) is 44.6 Å². The molecule has 5 nitrogen and oxygen atoms in total. The van der Waals surface area contributed by atoms with Crippen molar-refractivity contribution in [1.29, 1.82) is 0 Å². The zero-order valence-electron chi connectivity index (χ0n) is 20.7. The Morgan fingerprint density at radius 1 is 0.622 bits per heavy atom. The van der Waals surface area contributed by atoms with Crippen LogP contribution in [0.5, 0.6) is 0 Å². The van der Waals surface area contributed by atoms with Crippen LogP contribution < -0.4 is 18.3 Å². The highest BCUT2D eigenvalue weighted by atomic mass is 35.5. The van der Waals surface area contributed by atoms with Crippen molar-refractivity contribution in [2.45, 2.75) is 26.2 Å². The van der Waals surface area contributed by atoms with Gasteiger partial charge in [0.1, 0.15) is 10.7 Å². The van der Waals surface area contributed by atoms with E-state index in [4.69, 9.17) is 16.6 Å². The van der Waals surface area contributed by atoms with Crippen LogP contribution >= 0.6 is 11.6 Å². The molecule has 0 saturated carbocycles. The summed E-state index contributed by atoms with van der Waals surface area (Å²) in [6.45, 7) is 4.25. The van der Waals surface area contributed by atoms with E-state index in [0.29, 0.717) is 5.15 Å². The minimum absolute atomic E-state index is 0.487. The minimum atomic E-state index is -0.725. The van der Waals surface area contributed by atoms with Crippen LogP contribution in [-0.2, 0) is 5.91 Å². The number of rotatable bonds is 1. The maximum Gasteiger partial charge on any atom is 0.770 e. The van der Waals surface area contributed by atoms with Crippen molar-refractivity contribution < 1.29 is 18.3 Å². The lowest BCUT2D eigenvalue weighted by atomic mass is 10.1. The molecule has 1 aromatic carbocycles. The highest BCUT2D eigenvalue weighted by Crippen LogP contribution is 2.31. The number of hydrogen-bond donors (Lipinski definition) is 0. The molecule has 0 saturated heterocycles. The molecule has 7 heterocycles. The van der Waals surface area contributed by atoms with Gasteiger partial charge in [0, 0.05) is 66.9 Å². The lowest BCUT2D eigenvalue weighted by Crippen LogP contribution is -2.93. The normalized spacial score (nSPS) is 13.6. The van der Waals surface area contributed by atoms with Crippen LogP contribution in [0.2, 0.25) is 5.15 Å². The Hall–Kier alpha value is -4.22. The second-order valence-corrected chi connectivity index (χ2v) is 9.83. The summed E-state index contributed by atoms with van der Waals surface area (Å²) >= 11 is 6.42. The molecule has 6 aromatic rings. The monoisotopic (exact) mass is 503 g/mol. The largest absolute Gasteiger partial charge is 0.770 e. The van der Waals surface area contributed by atoms with Gasteiger partial charge in [-0.25, -0.2) is 4.98 Å². The van der Waals surface area contributed by atoms with Gasteiger partial charge in [-0.1, -0.05) is 37.9 Å². The van der Waals surface area contributed by atoms with E-state index in [1.807, 2.05) is 12.1 Å². The predicted molar refractivity (Wildman–Crippen MR) is 142 cm³/mol. The highest BCUT2D eigenvalue weighted by Gasteiger charge is 2.83. The van der Waals surface area contributed by atoms with Crippen molar-refractivity contribution in [3.05, 3.63) is 115 Å². The van der Waals surface area contributed by atoms with E-state index in [2.05, 4.69) is 130 Å². The number of pyridine rings is 5. The quantitative estimate of drug-likeness (QED) is 0.180. The number of aromatic nitrogens is 5. The Labute approximate surface area is 220 Å². The van der Waals surface area contributed by atoms with Gasteiger partial charge in [0.05, 0.1) is 0 Å². The van der Waals surface area contributed by atoms with Gasteiger partial charge in [0.2, 0.25) is 0 Å². The van der Waals surface area contributed by atoms with E-state index in [9.17, 15) is 0 Å². The summed E-state index contributed by atoms with van der Waals surface area (Å²) < 4.78 is 9.48. The first-order valence-corrected chi connectivity index (χ1v) is 13.1.